The monoisotopic (exact) mass is 209 g/mol. The summed E-state index contributed by atoms with van der Waals surface area (Å²) in [4.78, 5) is 0.888. The summed E-state index contributed by atoms with van der Waals surface area (Å²) in [5, 5.41) is 16.8. The van der Waals surface area contributed by atoms with Crippen LogP contribution in [0.1, 0.15) is 17.8 Å². The second-order valence-corrected chi connectivity index (χ2v) is 4.73. The number of fused-ring (bicyclic) bond motifs is 1. The van der Waals surface area contributed by atoms with Crippen LogP contribution in [0.5, 0.6) is 0 Å². The number of nitrogens with one attached hydrogen (secondary N) is 1. The van der Waals surface area contributed by atoms with Crippen molar-refractivity contribution >= 4 is 16.3 Å². The zero-order chi connectivity index (χ0) is 9.54. The summed E-state index contributed by atoms with van der Waals surface area (Å²) in [7, 11) is 0. The van der Waals surface area contributed by atoms with E-state index in [9.17, 15) is 0 Å². The van der Waals surface area contributed by atoms with Crippen molar-refractivity contribution in [2.24, 2.45) is 5.92 Å². The van der Waals surface area contributed by atoms with E-state index in [-0.39, 0.29) is 0 Å². The maximum Gasteiger partial charge on any atom is 0.234 e. The molecule has 1 fully saturated rings. The van der Waals surface area contributed by atoms with Crippen molar-refractivity contribution in [2.45, 2.75) is 12.8 Å². The summed E-state index contributed by atoms with van der Waals surface area (Å²) in [5.74, 6) is 1.21. The second kappa shape index (κ2) is 2.99. The molecule has 1 aliphatic heterocycles. The largest absolute Gasteiger partial charge is 0.316 e. The maximum absolute atomic E-state index is 4.48. The van der Waals surface area contributed by atoms with Gasteiger partial charge < -0.3 is 5.32 Å². The van der Waals surface area contributed by atoms with Crippen LogP contribution in [0, 0.1) is 5.92 Å². The van der Waals surface area contributed by atoms with Crippen molar-refractivity contribution < 1.29 is 0 Å². The molecule has 3 rings (SSSR count). The fourth-order valence-corrected chi connectivity index (χ4v) is 2.92. The Labute approximate surface area is 85.2 Å². The number of hydrogen-bond acceptors (Lipinski definition) is 5. The first kappa shape index (κ1) is 8.31. The van der Waals surface area contributed by atoms with Crippen molar-refractivity contribution in [3.05, 3.63) is 11.3 Å². The van der Waals surface area contributed by atoms with Gasteiger partial charge in [-0.15, -0.1) is 10.2 Å². The Morgan fingerprint density at radius 3 is 3.21 bits per heavy atom. The molecule has 3 heterocycles. The average Bonchev–Trinajstić information content (AvgIpc) is 2.75. The normalized spacial score (nSPS) is 27.5. The van der Waals surface area contributed by atoms with Gasteiger partial charge in [-0.05, 0) is 12.5 Å². The van der Waals surface area contributed by atoms with E-state index in [1.165, 1.54) is 5.01 Å². The quantitative estimate of drug-likeness (QED) is 0.743. The molecular formula is C8H11N5S. The second-order valence-electron chi connectivity index (χ2n) is 3.74. The predicted octanol–water partition coefficient (Wildman–Crippen LogP) is 0.509. The van der Waals surface area contributed by atoms with Crippen LogP contribution in [0.3, 0.4) is 0 Å². The van der Waals surface area contributed by atoms with Gasteiger partial charge in [0.25, 0.3) is 0 Å². The third kappa shape index (κ3) is 1.14. The average molecular weight is 209 g/mol. The van der Waals surface area contributed by atoms with Gasteiger partial charge in [-0.25, -0.2) is 0 Å². The van der Waals surface area contributed by atoms with Crippen molar-refractivity contribution in [3.8, 4) is 0 Å². The zero-order valence-corrected chi connectivity index (χ0v) is 8.66. The Bertz CT molecular complexity index is 419. The summed E-state index contributed by atoms with van der Waals surface area (Å²) in [5.41, 5.74) is 0. The molecule has 5 nitrogen and oxygen atoms in total. The smallest absolute Gasteiger partial charge is 0.234 e. The molecule has 2 aromatic rings. The molecule has 74 valence electrons. The van der Waals surface area contributed by atoms with Crippen LogP contribution >= 0.6 is 11.3 Å². The summed E-state index contributed by atoms with van der Waals surface area (Å²) < 4.78 is 1.76. The Morgan fingerprint density at radius 2 is 2.50 bits per heavy atom. The molecule has 0 radical (unpaired) electrons. The van der Waals surface area contributed by atoms with Crippen LogP contribution in [0.15, 0.2) is 6.33 Å². The molecule has 0 bridgehead atoms. The molecule has 0 unspecified atom stereocenters. The standard InChI is InChI=1S/C8H11N5S/c1-5-2-9-3-6(5)7-12-13-4-10-11-8(13)14-7/h4-6,9H,2-3H2,1H3/t5-,6-/m1/s1. The molecule has 0 aromatic carbocycles. The van der Waals surface area contributed by atoms with Crippen LogP contribution in [-0.2, 0) is 0 Å². The van der Waals surface area contributed by atoms with Crippen LogP contribution in [-0.4, -0.2) is 32.9 Å². The molecule has 14 heavy (non-hydrogen) atoms. The first-order chi connectivity index (χ1) is 6.84. The van der Waals surface area contributed by atoms with Crippen molar-refractivity contribution in [1.82, 2.24) is 25.1 Å². The lowest BCUT2D eigenvalue weighted by molar-refractivity contribution is 0.563. The Morgan fingerprint density at radius 1 is 1.57 bits per heavy atom. The predicted molar refractivity (Wildman–Crippen MR) is 53.4 cm³/mol. The van der Waals surface area contributed by atoms with Crippen LogP contribution in [0.2, 0.25) is 0 Å². The maximum atomic E-state index is 4.48. The van der Waals surface area contributed by atoms with E-state index in [1.807, 2.05) is 0 Å². The van der Waals surface area contributed by atoms with Gasteiger partial charge in [0.15, 0.2) is 0 Å². The van der Waals surface area contributed by atoms with Crippen molar-refractivity contribution in [2.75, 3.05) is 13.1 Å². The molecule has 0 saturated carbocycles. The lowest BCUT2D eigenvalue weighted by Gasteiger charge is -2.08. The first-order valence-corrected chi connectivity index (χ1v) is 5.53. The van der Waals surface area contributed by atoms with Gasteiger partial charge in [-0.2, -0.15) is 9.61 Å². The van der Waals surface area contributed by atoms with Crippen LogP contribution < -0.4 is 5.32 Å². The van der Waals surface area contributed by atoms with E-state index in [0.29, 0.717) is 11.8 Å². The highest BCUT2D eigenvalue weighted by atomic mass is 32.1. The van der Waals surface area contributed by atoms with Gasteiger partial charge in [-0.3, -0.25) is 0 Å². The summed E-state index contributed by atoms with van der Waals surface area (Å²) in [6.45, 7) is 4.38. The third-order valence-corrected chi connectivity index (χ3v) is 3.78. The number of nitrogens with zero attached hydrogens (tertiary/aromatic N) is 4. The number of hydrogen-bond donors (Lipinski definition) is 1. The fourth-order valence-electron chi connectivity index (χ4n) is 1.87. The molecule has 0 aliphatic carbocycles. The first-order valence-electron chi connectivity index (χ1n) is 4.72. The van der Waals surface area contributed by atoms with E-state index >= 15 is 0 Å². The van der Waals surface area contributed by atoms with E-state index in [4.69, 9.17) is 0 Å². The van der Waals surface area contributed by atoms with E-state index < -0.39 is 0 Å². The van der Waals surface area contributed by atoms with Gasteiger partial charge in [-0.1, -0.05) is 18.3 Å². The van der Waals surface area contributed by atoms with Crippen molar-refractivity contribution in [1.29, 1.82) is 0 Å². The lowest BCUT2D eigenvalue weighted by atomic mass is 9.99. The highest BCUT2D eigenvalue weighted by molar-refractivity contribution is 7.16. The fraction of sp³-hybridized carbons (Fsp3) is 0.625. The molecule has 1 N–H and O–H groups in total. The Hall–Kier alpha value is -1.01. The van der Waals surface area contributed by atoms with Crippen LogP contribution in [0.4, 0.5) is 0 Å². The molecule has 6 heteroatoms. The number of aromatic nitrogens is 4. The molecule has 2 atom stereocenters. The highest BCUT2D eigenvalue weighted by Crippen LogP contribution is 2.30. The van der Waals surface area contributed by atoms with Gasteiger partial charge in [0.05, 0.1) is 0 Å². The Balaban J connectivity index is 2.01. The molecule has 1 aliphatic rings. The highest BCUT2D eigenvalue weighted by Gasteiger charge is 2.27. The van der Waals surface area contributed by atoms with Gasteiger partial charge in [0, 0.05) is 12.5 Å². The van der Waals surface area contributed by atoms with Gasteiger partial charge in [0.1, 0.15) is 11.3 Å². The van der Waals surface area contributed by atoms with Gasteiger partial charge >= 0.3 is 0 Å². The minimum Gasteiger partial charge on any atom is -0.316 e. The summed E-state index contributed by atoms with van der Waals surface area (Å²) in [6.07, 6.45) is 1.66. The van der Waals surface area contributed by atoms with E-state index in [0.717, 1.165) is 18.1 Å². The zero-order valence-electron chi connectivity index (χ0n) is 7.84. The molecular weight excluding hydrogens is 198 g/mol. The Kier molecular flexibility index (Phi) is 1.78. The lowest BCUT2D eigenvalue weighted by Crippen LogP contribution is -2.08. The van der Waals surface area contributed by atoms with Gasteiger partial charge in [0.2, 0.25) is 4.96 Å². The van der Waals surface area contributed by atoms with E-state index in [1.54, 1.807) is 22.2 Å². The SMILES string of the molecule is C[C@@H]1CNC[C@H]1c1nn2cnnc2s1. The molecule has 1 saturated heterocycles. The minimum absolute atomic E-state index is 0.543. The molecule has 2 aromatic heterocycles. The summed E-state index contributed by atoms with van der Waals surface area (Å²) >= 11 is 1.64. The van der Waals surface area contributed by atoms with Crippen LogP contribution in [0.25, 0.3) is 4.96 Å². The van der Waals surface area contributed by atoms with Crippen molar-refractivity contribution in [3.63, 3.8) is 0 Å². The third-order valence-electron chi connectivity index (χ3n) is 2.74. The molecule has 0 amide bonds. The minimum atomic E-state index is 0.543. The molecule has 0 spiro atoms. The summed E-state index contributed by atoms with van der Waals surface area (Å²) in [6, 6.07) is 0. The topological polar surface area (TPSA) is 55.1 Å². The number of rotatable bonds is 1. The van der Waals surface area contributed by atoms with E-state index in [2.05, 4.69) is 27.5 Å².